The maximum Gasteiger partial charge on any atom is 0.184 e. The zero-order valence-corrected chi connectivity index (χ0v) is 12.8. The number of thioether (sulfide) groups is 1. The predicted molar refractivity (Wildman–Crippen MR) is 85.1 cm³/mol. The quantitative estimate of drug-likeness (QED) is 0.786. The van der Waals surface area contributed by atoms with Gasteiger partial charge in [0.25, 0.3) is 0 Å². The molecule has 0 fully saturated rings. The van der Waals surface area contributed by atoms with Crippen molar-refractivity contribution >= 4 is 38.4 Å². The lowest BCUT2D eigenvalue weighted by molar-refractivity contribution is 0.771. The number of fused-ring (bicyclic) bond motifs is 1. The second-order valence-corrected chi connectivity index (χ2v) is 6.90. The van der Waals surface area contributed by atoms with Crippen molar-refractivity contribution < 1.29 is 0 Å². The normalized spacial score (nSPS) is 12.8. The topological polar surface area (TPSA) is 24.9 Å². The lowest BCUT2D eigenvalue weighted by atomic mass is 10.2. The molecule has 0 aliphatic heterocycles. The van der Waals surface area contributed by atoms with E-state index < -0.39 is 0 Å². The molecule has 2 rings (SSSR count). The molecule has 0 aliphatic rings. The number of para-hydroxylation sites is 1. The summed E-state index contributed by atoms with van der Waals surface area (Å²) in [5.41, 5.74) is 2.39. The Kier molecular flexibility index (Phi) is 4.89. The summed E-state index contributed by atoms with van der Waals surface area (Å²) in [6, 6.07) is 6.85. The number of nitrogens with zero attached hydrogens (tertiary/aromatic N) is 1. The van der Waals surface area contributed by atoms with Crippen LogP contribution in [0.25, 0.3) is 10.2 Å². The van der Waals surface area contributed by atoms with Crippen molar-refractivity contribution in [1.29, 1.82) is 0 Å². The van der Waals surface area contributed by atoms with Gasteiger partial charge in [-0.05, 0) is 43.4 Å². The number of aromatic nitrogens is 1. The fraction of sp³-hybridized carbons (Fsp3) is 0.500. The van der Waals surface area contributed by atoms with Gasteiger partial charge in [0, 0.05) is 6.04 Å². The zero-order chi connectivity index (χ0) is 13.0. The van der Waals surface area contributed by atoms with Crippen LogP contribution in [0, 0.1) is 6.92 Å². The molecule has 18 heavy (non-hydrogen) atoms. The zero-order valence-electron chi connectivity index (χ0n) is 11.2. The SMILES string of the molecule is CCSCCC(C)Nc1nc2c(C)cccc2s1. The van der Waals surface area contributed by atoms with Gasteiger partial charge in [0.05, 0.1) is 10.2 Å². The van der Waals surface area contributed by atoms with E-state index in [1.54, 1.807) is 11.3 Å². The monoisotopic (exact) mass is 280 g/mol. The number of benzene rings is 1. The van der Waals surface area contributed by atoms with Gasteiger partial charge in [-0.1, -0.05) is 30.4 Å². The van der Waals surface area contributed by atoms with Crippen LogP contribution in [-0.4, -0.2) is 22.5 Å². The summed E-state index contributed by atoms with van der Waals surface area (Å²) in [4.78, 5) is 4.68. The molecule has 0 saturated carbocycles. The van der Waals surface area contributed by atoms with Gasteiger partial charge in [-0.25, -0.2) is 4.98 Å². The fourth-order valence-corrected chi connectivity index (χ4v) is 3.70. The van der Waals surface area contributed by atoms with Crippen LogP contribution in [0.15, 0.2) is 18.2 Å². The van der Waals surface area contributed by atoms with Crippen LogP contribution in [0.1, 0.15) is 25.8 Å². The van der Waals surface area contributed by atoms with E-state index in [1.807, 2.05) is 11.8 Å². The second-order valence-electron chi connectivity index (χ2n) is 4.47. The van der Waals surface area contributed by atoms with E-state index in [9.17, 15) is 0 Å². The van der Waals surface area contributed by atoms with E-state index in [4.69, 9.17) is 0 Å². The van der Waals surface area contributed by atoms with Gasteiger partial charge in [-0.3, -0.25) is 0 Å². The average Bonchev–Trinajstić information content (AvgIpc) is 2.73. The molecule has 4 heteroatoms. The Morgan fingerprint density at radius 1 is 1.44 bits per heavy atom. The van der Waals surface area contributed by atoms with Gasteiger partial charge < -0.3 is 5.32 Å². The maximum atomic E-state index is 4.68. The number of hydrogen-bond donors (Lipinski definition) is 1. The predicted octanol–water partition coefficient (Wildman–Crippen LogP) is 4.55. The Balaban J connectivity index is 2.01. The third-order valence-electron chi connectivity index (χ3n) is 2.89. The Bertz CT molecular complexity index is 507. The highest BCUT2D eigenvalue weighted by molar-refractivity contribution is 7.99. The fourth-order valence-electron chi connectivity index (χ4n) is 1.84. The van der Waals surface area contributed by atoms with Crippen LogP contribution in [0.3, 0.4) is 0 Å². The van der Waals surface area contributed by atoms with Crippen molar-refractivity contribution in [2.24, 2.45) is 0 Å². The summed E-state index contributed by atoms with van der Waals surface area (Å²) < 4.78 is 1.27. The third-order valence-corrected chi connectivity index (χ3v) is 4.77. The minimum Gasteiger partial charge on any atom is -0.359 e. The second kappa shape index (κ2) is 6.43. The molecule has 0 radical (unpaired) electrons. The first-order valence-corrected chi connectivity index (χ1v) is 8.38. The van der Waals surface area contributed by atoms with Gasteiger partial charge in [0.2, 0.25) is 0 Å². The first kappa shape index (κ1) is 13.7. The summed E-state index contributed by atoms with van der Waals surface area (Å²) in [6.07, 6.45) is 1.19. The van der Waals surface area contributed by atoms with Crippen LogP contribution in [-0.2, 0) is 0 Å². The maximum absolute atomic E-state index is 4.68. The average molecular weight is 280 g/mol. The van der Waals surface area contributed by atoms with E-state index >= 15 is 0 Å². The van der Waals surface area contributed by atoms with E-state index in [2.05, 4.69) is 49.3 Å². The molecular weight excluding hydrogens is 260 g/mol. The summed E-state index contributed by atoms with van der Waals surface area (Å²) >= 11 is 3.75. The van der Waals surface area contributed by atoms with Crippen molar-refractivity contribution in [1.82, 2.24) is 4.98 Å². The van der Waals surface area contributed by atoms with Gasteiger partial charge in [0.1, 0.15) is 0 Å². The number of nitrogens with one attached hydrogen (secondary N) is 1. The van der Waals surface area contributed by atoms with Gasteiger partial charge in [0.15, 0.2) is 5.13 Å². The smallest absolute Gasteiger partial charge is 0.184 e. The van der Waals surface area contributed by atoms with Gasteiger partial charge >= 0.3 is 0 Å². The molecule has 98 valence electrons. The Morgan fingerprint density at radius 2 is 2.28 bits per heavy atom. The van der Waals surface area contributed by atoms with Crippen LogP contribution >= 0.6 is 23.1 Å². The molecule has 0 amide bonds. The van der Waals surface area contributed by atoms with Crippen LogP contribution in [0.5, 0.6) is 0 Å². The molecule has 2 nitrogen and oxygen atoms in total. The number of aryl methyl sites for hydroxylation is 1. The molecule has 1 aromatic heterocycles. The Morgan fingerprint density at radius 3 is 3.00 bits per heavy atom. The first-order valence-electron chi connectivity index (χ1n) is 6.41. The molecule has 0 saturated heterocycles. The highest BCUT2D eigenvalue weighted by atomic mass is 32.2. The summed E-state index contributed by atoms with van der Waals surface area (Å²) in [5.74, 6) is 2.42. The third kappa shape index (κ3) is 3.39. The molecule has 1 N–H and O–H groups in total. The van der Waals surface area contributed by atoms with Crippen LogP contribution in [0.2, 0.25) is 0 Å². The lowest BCUT2D eigenvalue weighted by Gasteiger charge is -2.11. The number of thiazole rings is 1. The molecule has 1 unspecified atom stereocenters. The van der Waals surface area contributed by atoms with E-state index in [0.717, 1.165) is 10.6 Å². The molecule has 1 aromatic carbocycles. The number of rotatable bonds is 6. The van der Waals surface area contributed by atoms with Crippen molar-refractivity contribution in [3.63, 3.8) is 0 Å². The number of hydrogen-bond acceptors (Lipinski definition) is 4. The van der Waals surface area contributed by atoms with Crippen LogP contribution < -0.4 is 5.32 Å². The Hall–Kier alpha value is -0.740. The van der Waals surface area contributed by atoms with E-state index in [-0.39, 0.29) is 0 Å². The lowest BCUT2D eigenvalue weighted by Crippen LogP contribution is -2.15. The van der Waals surface area contributed by atoms with Crippen LogP contribution in [0.4, 0.5) is 5.13 Å². The molecule has 1 atom stereocenters. The first-order chi connectivity index (χ1) is 8.70. The standard InChI is InChI=1S/C14H20N2S2/c1-4-17-9-8-11(3)15-14-16-13-10(2)6-5-7-12(13)18-14/h5-7,11H,4,8-9H2,1-3H3,(H,15,16). The molecular formula is C14H20N2S2. The molecule has 0 aliphatic carbocycles. The van der Waals surface area contributed by atoms with E-state index in [1.165, 1.54) is 28.2 Å². The molecule has 1 heterocycles. The summed E-state index contributed by atoms with van der Waals surface area (Å²) in [7, 11) is 0. The Labute approximate surface area is 117 Å². The molecule has 0 bridgehead atoms. The minimum absolute atomic E-state index is 0.491. The minimum atomic E-state index is 0.491. The molecule has 0 spiro atoms. The molecule has 2 aromatic rings. The van der Waals surface area contributed by atoms with E-state index in [0.29, 0.717) is 6.04 Å². The highest BCUT2D eigenvalue weighted by Crippen LogP contribution is 2.28. The van der Waals surface area contributed by atoms with Crippen molar-refractivity contribution in [3.8, 4) is 0 Å². The van der Waals surface area contributed by atoms with Crippen molar-refractivity contribution in [2.75, 3.05) is 16.8 Å². The summed E-state index contributed by atoms with van der Waals surface area (Å²) in [6.45, 7) is 6.56. The van der Waals surface area contributed by atoms with Gasteiger partial charge in [-0.15, -0.1) is 0 Å². The van der Waals surface area contributed by atoms with Crippen molar-refractivity contribution in [3.05, 3.63) is 23.8 Å². The summed E-state index contributed by atoms with van der Waals surface area (Å²) in [5, 5.41) is 4.56. The number of anilines is 1. The van der Waals surface area contributed by atoms with Gasteiger partial charge in [-0.2, -0.15) is 11.8 Å². The van der Waals surface area contributed by atoms with Crippen molar-refractivity contribution in [2.45, 2.75) is 33.2 Å². The largest absolute Gasteiger partial charge is 0.359 e. The highest BCUT2D eigenvalue weighted by Gasteiger charge is 2.08.